The van der Waals surface area contributed by atoms with Gasteiger partial charge in [-0.3, -0.25) is 0 Å². The molecule has 1 aromatic heterocycles. The van der Waals surface area contributed by atoms with Crippen LogP contribution in [0.2, 0.25) is 0 Å². The number of benzene rings is 1. The minimum Gasteiger partial charge on any atom is -0.310 e. The van der Waals surface area contributed by atoms with E-state index >= 15 is 0 Å². The Balaban J connectivity index is 2.31. The van der Waals surface area contributed by atoms with Crippen molar-refractivity contribution in [1.29, 1.82) is 0 Å². The second-order valence-electron chi connectivity index (χ2n) is 4.30. The number of thiophene rings is 1. The van der Waals surface area contributed by atoms with E-state index < -0.39 is 0 Å². The average molecular weight is 219 g/mol. The summed E-state index contributed by atoms with van der Waals surface area (Å²) in [5.41, 5.74) is 2.76. The van der Waals surface area contributed by atoms with Crippen LogP contribution in [0, 0.1) is 6.92 Å². The van der Waals surface area contributed by atoms with Crippen LogP contribution in [0.4, 0.5) is 0 Å². The Morgan fingerprint density at radius 1 is 1.33 bits per heavy atom. The molecule has 0 aliphatic heterocycles. The third-order valence-corrected chi connectivity index (χ3v) is 3.52. The standard InChI is InChI=1S/C13H17NS/c1-9(2)14-7-11-8-15-13-5-4-10(3)6-12(11)13/h4-6,8-9,14H,7H2,1-3H3. The van der Waals surface area contributed by atoms with E-state index in [1.807, 2.05) is 11.3 Å². The maximum Gasteiger partial charge on any atom is 0.0346 e. The third-order valence-electron chi connectivity index (χ3n) is 2.51. The van der Waals surface area contributed by atoms with Crippen LogP contribution >= 0.6 is 11.3 Å². The highest BCUT2D eigenvalue weighted by Gasteiger charge is 2.04. The van der Waals surface area contributed by atoms with Gasteiger partial charge in [-0.05, 0) is 29.3 Å². The molecule has 2 heteroatoms. The van der Waals surface area contributed by atoms with Crippen LogP contribution in [-0.2, 0) is 6.54 Å². The summed E-state index contributed by atoms with van der Waals surface area (Å²) in [4.78, 5) is 0. The van der Waals surface area contributed by atoms with Crippen LogP contribution < -0.4 is 5.32 Å². The molecule has 0 aliphatic rings. The molecule has 0 unspecified atom stereocenters. The van der Waals surface area contributed by atoms with Crippen molar-refractivity contribution in [1.82, 2.24) is 5.32 Å². The van der Waals surface area contributed by atoms with Crippen LogP contribution in [0.25, 0.3) is 10.1 Å². The predicted molar refractivity (Wildman–Crippen MR) is 68.5 cm³/mol. The maximum atomic E-state index is 3.47. The van der Waals surface area contributed by atoms with Gasteiger partial charge in [0.25, 0.3) is 0 Å². The fourth-order valence-electron chi connectivity index (χ4n) is 1.65. The van der Waals surface area contributed by atoms with E-state index in [1.54, 1.807) is 0 Å². The van der Waals surface area contributed by atoms with Crippen LogP contribution in [-0.4, -0.2) is 6.04 Å². The summed E-state index contributed by atoms with van der Waals surface area (Å²) in [6.45, 7) is 7.48. The van der Waals surface area contributed by atoms with Crippen molar-refractivity contribution < 1.29 is 0 Å². The Bertz CT molecular complexity index is 457. The highest BCUT2D eigenvalue weighted by atomic mass is 32.1. The van der Waals surface area contributed by atoms with Gasteiger partial charge in [-0.2, -0.15) is 0 Å². The summed E-state index contributed by atoms with van der Waals surface area (Å²) in [5, 5.41) is 7.14. The number of rotatable bonds is 3. The molecule has 80 valence electrons. The molecule has 0 saturated carbocycles. The van der Waals surface area contributed by atoms with E-state index in [0.717, 1.165) is 6.54 Å². The molecule has 0 radical (unpaired) electrons. The van der Waals surface area contributed by atoms with Gasteiger partial charge >= 0.3 is 0 Å². The van der Waals surface area contributed by atoms with E-state index in [9.17, 15) is 0 Å². The highest BCUT2D eigenvalue weighted by molar-refractivity contribution is 7.17. The molecule has 1 N–H and O–H groups in total. The minimum absolute atomic E-state index is 0.546. The van der Waals surface area contributed by atoms with Crippen molar-refractivity contribution in [3.05, 3.63) is 34.7 Å². The Morgan fingerprint density at radius 2 is 2.13 bits per heavy atom. The van der Waals surface area contributed by atoms with Gasteiger partial charge in [0.2, 0.25) is 0 Å². The summed E-state index contributed by atoms with van der Waals surface area (Å²) in [7, 11) is 0. The topological polar surface area (TPSA) is 12.0 Å². The first-order valence-electron chi connectivity index (χ1n) is 5.37. The Kier molecular flexibility index (Phi) is 3.08. The van der Waals surface area contributed by atoms with Crippen LogP contribution in [0.15, 0.2) is 23.6 Å². The second kappa shape index (κ2) is 4.33. The van der Waals surface area contributed by atoms with E-state index in [4.69, 9.17) is 0 Å². The second-order valence-corrected chi connectivity index (χ2v) is 5.21. The van der Waals surface area contributed by atoms with Gasteiger partial charge in [0, 0.05) is 17.3 Å². The Hall–Kier alpha value is -0.860. The molecule has 2 rings (SSSR count). The van der Waals surface area contributed by atoms with Gasteiger partial charge in [-0.25, -0.2) is 0 Å². The molecule has 2 aromatic rings. The first-order valence-corrected chi connectivity index (χ1v) is 6.25. The van der Waals surface area contributed by atoms with E-state index in [0.29, 0.717) is 6.04 Å². The fourth-order valence-corrected chi connectivity index (χ4v) is 2.59. The molecule has 1 heterocycles. The number of fused-ring (bicyclic) bond motifs is 1. The quantitative estimate of drug-likeness (QED) is 0.830. The minimum atomic E-state index is 0.546. The molecule has 15 heavy (non-hydrogen) atoms. The lowest BCUT2D eigenvalue weighted by molar-refractivity contribution is 0.591. The molecule has 1 aromatic carbocycles. The normalized spacial score (nSPS) is 11.5. The number of hydrogen-bond donors (Lipinski definition) is 1. The molecule has 1 nitrogen and oxygen atoms in total. The predicted octanol–water partition coefficient (Wildman–Crippen LogP) is 3.71. The Morgan fingerprint density at radius 3 is 2.87 bits per heavy atom. The van der Waals surface area contributed by atoms with Crippen molar-refractivity contribution in [2.45, 2.75) is 33.4 Å². The van der Waals surface area contributed by atoms with Crippen LogP contribution in [0.1, 0.15) is 25.0 Å². The van der Waals surface area contributed by atoms with Crippen LogP contribution in [0.3, 0.4) is 0 Å². The van der Waals surface area contributed by atoms with Crippen molar-refractivity contribution in [2.75, 3.05) is 0 Å². The zero-order valence-corrected chi connectivity index (χ0v) is 10.3. The van der Waals surface area contributed by atoms with Gasteiger partial charge in [0.05, 0.1) is 0 Å². The van der Waals surface area contributed by atoms with Crippen molar-refractivity contribution in [2.24, 2.45) is 0 Å². The van der Waals surface area contributed by atoms with Crippen molar-refractivity contribution in [3.63, 3.8) is 0 Å². The number of hydrogen-bond acceptors (Lipinski definition) is 2. The first-order chi connectivity index (χ1) is 7.16. The van der Waals surface area contributed by atoms with Gasteiger partial charge < -0.3 is 5.32 Å². The Labute approximate surface area is 95.1 Å². The first kappa shape index (κ1) is 10.7. The van der Waals surface area contributed by atoms with E-state index in [-0.39, 0.29) is 0 Å². The summed E-state index contributed by atoms with van der Waals surface area (Å²) in [5.74, 6) is 0. The molecule has 0 spiro atoms. The maximum absolute atomic E-state index is 3.47. The summed E-state index contributed by atoms with van der Waals surface area (Å²) in [6.07, 6.45) is 0. The van der Waals surface area contributed by atoms with E-state index in [1.165, 1.54) is 21.2 Å². The van der Waals surface area contributed by atoms with Gasteiger partial charge in [-0.1, -0.05) is 31.5 Å². The molecule has 0 fully saturated rings. The number of aryl methyl sites for hydroxylation is 1. The molecule has 0 atom stereocenters. The summed E-state index contributed by atoms with van der Waals surface area (Å²) in [6, 6.07) is 7.22. The molecular formula is C13H17NS. The molecule has 0 bridgehead atoms. The van der Waals surface area contributed by atoms with Crippen molar-refractivity contribution in [3.8, 4) is 0 Å². The lowest BCUT2D eigenvalue weighted by Crippen LogP contribution is -2.21. The van der Waals surface area contributed by atoms with Gasteiger partial charge in [-0.15, -0.1) is 11.3 Å². The summed E-state index contributed by atoms with van der Waals surface area (Å²) >= 11 is 1.83. The fraction of sp³-hybridized carbons (Fsp3) is 0.385. The highest BCUT2D eigenvalue weighted by Crippen LogP contribution is 2.26. The van der Waals surface area contributed by atoms with Gasteiger partial charge in [0.1, 0.15) is 0 Å². The molecule has 0 amide bonds. The zero-order valence-electron chi connectivity index (χ0n) is 9.50. The molecule has 0 aliphatic carbocycles. The zero-order chi connectivity index (χ0) is 10.8. The van der Waals surface area contributed by atoms with Gasteiger partial charge in [0.15, 0.2) is 0 Å². The lowest BCUT2D eigenvalue weighted by atomic mass is 10.1. The smallest absolute Gasteiger partial charge is 0.0346 e. The summed E-state index contributed by atoms with van der Waals surface area (Å²) < 4.78 is 1.39. The monoisotopic (exact) mass is 219 g/mol. The SMILES string of the molecule is Cc1ccc2scc(CNC(C)C)c2c1. The average Bonchev–Trinajstić information content (AvgIpc) is 2.57. The molecular weight excluding hydrogens is 202 g/mol. The molecule has 0 saturated heterocycles. The largest absolute Gasteiger partial charge is 0.310 e. The van der Waals surface area contributed by atoms with Crippen LogP contribution in [0.5, 0.6) is 0 Å². The van der Waals surface area contributed by atoms with Crippen molar-refractivity contribution >= 4 is 21.4 Å². The van der Waals surface area contributed by atoms with E-state index in [2.05, 4.69) is 49.7 Å². The number of nitrogens with one attached hydrogen (secondary N) is 1. The third kappa shape index (κ3) is 2.39. The lowest BCUT2D eigenvalue weighted by Gasteiger charge is -2.07.